The summed E-state index contributed by atoms with van der Waals surface area (Å²) in [4.78, 5) is 12.8. The van der Waals surface area contributed by atoms with Crippen LogP contribution in [-0.2, 0) is 25.8 Å². The van der Waals surface area contributed by atoms with E-state index in [2.05, 4.69) is 12.5 Å². The Bertz CT molecular complexity index is 554. The van der Waals surface area contributed by atoms with Crippen molar-refractivity contribution < 1.29 is 9.53 Å². The number of benzene rings is 2. The van der Waals surface area contributed by atoms with Gasteiger partial charge >= 0.3 is 5.97 Å². The predicted molar refractivity (Wildman–Crippen MR) is 94.4 cm³/mol. The number of esters is 1. The second-order valence-corrected chi connectivity index (χ2v) is 8.06. The third-order valence-electron chi connectivity index (χ3n) is 3.84. The Morgan fingerprint density at radius 2 is 1.41 bits per heavy atom. The first-order valence-electron chi connectivity index (χ1n) is 7.37. The maximum Gasteiger partial charge on any atom is 0.320 e. The zero-order valence-electron chi connectivity index (χ0n) is 13.4. The molecule has 0 aliphatic heterocycles. The van der Waals surface area contributed by atoms with E-state index in [0.29, 0.717) is 6.61 Å². The van der Waals surface area contributed by atoms with Crippen molar-refractivity contribution in [3.8, 4) is 0 Å². The van der Waals surface area contributed by atoms with Crippen molar-refractivity contribution >= 4 is 16.9 Å². The van der Waals surface area contributed by atoms with Gasteiger partial charge in [0, 0.05) is 0 Å². The van der Waals surface area contributed by atoms with Crippen molar-refractivity contribution in [3.63, 3.8) is 0 Å². The van der Waals surface area contributed by atoms with Crippen molar-refractivity contribution in [2.24, 2.45) is 0 Å². The number of carbonyl (C=O) groups excluding carboxylic acids is 1. The molecule has 0 aliphatic carbocycles. The highest BCUT2D eigenvalue weighted by Gasteiger charge is 2.38. The first kappa shape index (κ1) is 16.6. The first-order chi connectivity index (χ1) is 10.5. The molecule has 3 heteroatoms. The van der Waals surface area contributed by atoms with E-state index >= 15 is 0 Å². The van der Waals surface area contributed by atoms with Gasteiger partial charge in [-0.1, -0.05) is 60.7 Å². The van der Waals surface area contributed by atoms with E-state index in [1.54, 1.807) is 0 Å². The maximum absolute atomic E-state index is 12.8. The molecule has 0 N–H and O–H groups in total. The molecule has 2 nitrogen and oxygen atoms in total. The topological polar surface area (TPSA) is 26.3 Å². The van der Waals surface area contributed by atoms with Gasteiger partial charge in [-0.05, 0) is 28.9 Å². The monoisotopic (exact) mass is 315 g/mol. The Hall–Kier alpha value is -1.74. The maximum atomic E-state index is 12.8. The lowest BCUT2D eigenvalue weighted by molar-refractivity contribution is -0.147. The minimum atomic E-state index is -0.775. The van der Waals surface area contributed by atoms with Gasteiger partial charge in [-0.15, -0.1) is 0 Å². The van der Waals surface area contributed by atoms with Gasteiger partial charge in [-0.2, -0.15) is 0 Å². The molecule has 0 spiro atoms. The van der Waals surface area contributed by atoms with Crippen molar-refractivity contribution in [2.45, 2.75) is 12.3 Å². The summed E-state index contributed by atoms with van der Waals surface area (Å²) in [6.45, 7) is 2.42. The minimum absolute atomic E-state index is 0.185. The SMILES string of the molecule is C[S+](C)CCOC(=O)C(C)(c1ccccc1)c1ccccc1. The third-order valence-corrected chi connectivity index (χ3v) is 4.82. The summed E-state index contributed by atoms with van der Waals surface area (Å²) in [6, 6.07) is 19.7. The average Bonchev–Trinajstić information content (AvgIpc) is 2.55. The first-order valence-corrected chi connectivity index (χ1v) is 9.58. The van der Waals surface area contributed by atoms with E-state index in [1.165, 1.54) is 0 Å². The Morgan fingerprint density at radius 3 is 1.82 bits per heavy atom. The summed E-state index contributed by atoms with van der Waals surface area (Å²) in [7, 11) is 0.275. The Morgan fingerprint density at radius 1 is 0.955 bits per heavy atom. The van der Waals surface area contributed by atoms with E-state index in [1.807, 2.05) is 67.6 Å². The molecule has 0 saturated heterocycles. The zero-order chi connectivity index (χ0) is 16.0. The fraction of sp³-hybridized carbons (Fsp3) is 0.316. The molecule has 0 aliphatic rings. The number of ether oxygens (including phenoxy) is 1. The van der Waals surface area contributed by atoms with Crippen LogP contribution in [0.15, 0.2) is 60.7 Å². The molecule has 0 bridgehead atoms. The number of hydrogen-bond acceptors (Lipinski definition) is 2. The molecule has 0 aromatic heterocycles. The normalized spacial score (nSPS) is 11.5. The lowest BCUT2D eigenvalue weighted by Gasteiger charge is -2.28. The van der Waals surface area contributed by atoms with E-state index in [0.717, 1.165) is 16.9 Å². The average molecular weight is 315 g/mol. The van der Waals surface area contributed by atoms with Crippen LogP contribution in [0.4, 0.5) is 0 Å². The number of hydrogen-bond donors (Lipinski definition) is 0. The molecular weight excluding hydrogens is 292 g/mol. The standard InChI is InChI=1S/C19H23O2S/c1-19(16-10-6-4-7-11-16,17-12-8-5-9-13-17)18(20)21-14-15-22(2)3/h4-13H,14-15H2,1-3H3/q+1. The minimum Gasteiger partial charge on any atom is -0.460 e. The molecule has 2 rings (SSSR count). The van der Waals surface area contributed by atoms with Crippen LogP contribution >= 0.6 is 0 Å². The molecule has 0 heterocycles. The van der Waals surface area contributed by atoms with E-state index < -0.39 is 5.41 Å². The molecule has 0 atom stereocenters. The van der Waals surface area contributed by atoms with Crippen molar-refractivity contribution in [1.29, 1.82) is 0 Å². The van der Waals surface area contributed by atoms with Gasteiger partial charge < -0.3 is 4.74 Å². The van der Waals surface area contributed by atoms with Gasteiger partial charge in [0.15, 0.2) is 0 Å². The third kappa shape index (κ3) is 3.72. The molecule has 0 amide bonds. The van der Waals surface area contributed by atoms with Crippen LogP contribution in [0.2, 0.25) is 0 Å². The molecule has 0 fully saturated rings. The van der Waals surface area contributed by atoms with Gasteiger partial charge in [0.2, 0.25) is 0 Å². The highest BCUT2D eigenvalue weighted by Crippen LogP contribution is 2.33. The van der Waals surface area contributed by atoms with Gasteiger partial charge in [-0.25, -0.2) is 0 Å². The quantitative estimate of drug-likeness (QED) is 0.603. The fourth-order valence-electron chi connectivity index (χ4n) is 2.39. The molecular formula is C19H23O2S+. The number of rotatable bonds is 6. The summed E-state index contributed by atoms with van der Waals surface area (Å²) in [5.41, 5.74) is 1.14. The highest BCUT2D eigenvalue weighted by atomic mass is 32.2. The number of carbonyl (C=O) groups is 1. The predicted octanol–water partition coefficient (Wildman–Crippen LogP) is 3.41. The van der Waals surface area contributed by atoms with Crippen LogP contribution in [0.5, 0.6) is 0 Å². The molecule has 116 valence electrons. The lowest BCUT2D eigenvalue weighted by Crippen LogP contribution is -2.36. The highest BCUT2D eigenvalue weighted by molar-refractivity contribution is 7.95. The van der Waals surface area contributed by atoms with Crippen molar-refractivity contribution in [3.05, 3.63) is 71.8 Å². The zero-order valence-corrected chi connectivity index (χ0v) is 14.2. The van der Waals surface area contributed by atoms with Gasteiger partial charge in [0.1, 0.15) is 17.8 Å². The summed E-state index contributed by atoms with van der Waals surface area (Å²) < 4.78 is 5.59. The van der Waals surface area contributed by atoms with Crippen LogP contribution in [0.3, 0.4) is 0 Å². The molecule has 0 radical (unpaired) electrons. The van der Waals surface area contributed by atoms with Crippen molar-refractivity contribution in [2.75, 3.05) is 24.9 Å². The van der Waals surface area contributed by atoms with Gasteiger partial charge in [0.05, 0.1) is 12.5 Å². The summed E-state index contributed by atoms with van der Waals surface area (Å²) in [6.07, 6.45) is 4.31. The molecule has 2 aromatic rings. The largest absolute Gasteiger partial charge is 0.460 e. The lowest BCUT2D eigenvalue weighted by atomic mass is 9.76. The summed E-state index contributed by atoms with van der Waals surface area (Å²) in [5, 5.41) is 0. The second kappa shape index (κ2) is 7.50. The van der Waals surface area contributed by atoms with Gasteiger partial charge in [0.25, 0.3) is 0 Å². The van der Waals surface area contributed by atoms with Crippen LogP contribution in [-0.4, -0.2) is 30.8 Å². The second-order valence-electron chi connectivity index (χ2n) is 5.68. The van der Waals surface area contributed by atoms with Crippen LogP contribution < -0.4 is 0 Å². The molecule has 22 heavy (non-hydrogen) atoms. The Kier molecular flexibility index (Phi) is 5.67. The summed E-state index contributed by atoms with van der Waals surface area (Å²) >= 11 is 0. The molecule has 0 saturated carbocycles. The Balaban J connectivity index is 2.32. The van der Waals surface area contributed by atoms with Crippen LogP contribution in [0.25, 0.3) is 0 Å². The molecule has 0 unspecified atom stereocenters. The molecule has 2 aromatic carbocycles. The summed E-state index contributed by atoms with van der Waals surface area (Å²) in [5.74, 6) is 0.723. The smallest absolute Gasteiger partial charge is 0.320 e. The van der Waals surface area contributed by atoms with Crippen LogP contribution in [0, 0.1) is 0 Å². The van der Waals surface area contributed by atoms with E-state index in [9.17, 15) is 4.79 Å². The van der Waals surface area contributed by atoms with Crippen molar-refractivity contribution in [1.82, 2.24) is 0 Å². The van der Waals surface area contributed by atoms with E-state index in [4.69, 9.17) is 4.74 Å². The Labute approximate surface area is 135 Å². The fourth-order valence-corrected chi connectivity index (χ4v) is 2.81. The van der Waals surface area contributed by atoms with E-state index in [-0.39, 0.29) is 16.9 Å². The van der Waals surface area contributed by atoms with Crippen LogP contribution in [0.1, 0.15) is 18.1 Å². The van der Waals surface area contributed by atoms with Gasteiger partial charge in [-0.3, -0.25) is 4.79 Å².